The van der Waals surface area contributed by atoms with Crippen LogP contribution in [-0.2, 0) is 16.1 Å². The lowest BCUT2D eigenvalue weighted by atomic mass is 10.1. The summed E-state index contributed by atoms with van der Waals surface area (Å²) in [5.74, 6) is 0. The summed E-state index contributed by atoms with van der Waals surface area (Å²) in [6.07, 6.45) is -0.792. The minimum Gasteiger partial charge on any atom is -0.387 e. The van der Waals surface area contributed by atoms with Gasteiger partial charge in [0.1, 0.15) is 23.8 Å². The predicted molar refractivity (Wildman–Crippen MR) is 92.4 cm³/mol. The Morgan fingerprint density at radius 1 is 1.15 bits per heavy atom. The lowest BCUT2D eigenvalue weighted by molar-refractivity contribution is -0.0682. The van der Waals surface area contributed by atoms with Crippen molar-refractivity contribution in [3.05, 3.63) is 53.7 Å². The number of aromatic nitrogens is 4. The summed E-state index contributed by atoms with van der Waals surface area (Å²) in [6.45, 7) is 0.539. The second-order valence-electron chi connectivity index (χ2n) is 6.05. The zero-order valence-electron chi connectivity index (χ0n) is 13.6. The van der Waals surface area contributed by atoms with Crippen LogP contribution in [0.2, 0.25) is 5.28 Å². The van der Waals surface area contributed by atoms with Crippen LogP contribution in [0, 0.1) is 0 Å². The van der Waals surface area contributed by atoms with Crippen molar-refractivity contribution < 1.29 is 19.7 Å². The number of nitrogens with zero attached hydrogens (tertiary/aromatic N) is 4. The third-order valence-electron chi connectivity index (χ3n) is 4.29. The molecular formula is C17H17ClN4O4. The number of ether oxygens (including phenoxy) is 2. The summed E-state index contributed by atoms with van der Waals surface area (Å²) >= 11 is 5.84. The Hall–Kier alpha value is -2.10. The third kappa shape index (κ3) is 3.29. The summed E-state index contributed by atoms with van der Waals surface area (Å²) < 4.78 is 13.0. The molecule has 0 unspecified atom stereocenters. The molecule has 0 aliphatic carbocycles. The molecule has 1 saturated heterocycles. The van der Waals surface area contributed by atoms with E-state index in [9.17, 15) is 10.2 Å². The van der Waals surface area contributed by atoms with E-state index in [1.54, 1.807) is 0 Å². The molecule has 8 nitrogen and oxygen atoms in total. The number of halogens is 1. The van der Waals surface area contributed by atoms with Gasteiger partial charge in [0, 0.05) is 0 Å². The molecular weight excluding hydrogens is 360 g/mol. The number of hydrogen-bond donors (Lipinski definition) is 2. The second-order valence-corrected chi connectivity index (χ2v) is 6.38. The molecule has 1 aliphatic rings. The highest BCUT2D eigenvalue weighted by Crippen LogP contribution is 2.31. The minimum absolute atomic E-state index is 0.0648. The normalized spacial score (nSPS) is 25.8. The van der Waals surface area contributed by atoms with Gasteiger partial charge in [0.15, 0.2) is 11.9 Å². The Morgan fingerprint density at radius 3 is 2.77 bits per heavy atom. The molecule has 4 atom stereocenters. The summed E-state index contributed by atoms with van der Waals surface area (Å²) in [7, 11) is 0. The molecule has 1 fully saturated rings. The lowest BCUT2D eigenvalue weighted by Crippen LogP contribution is -2.33. The molecule has 2 N–H and O–H groups in total. The molecule has 0 spiro atoms. The van der Waals surface area contributed by atoms with E-state index in [0.717, 1.165) is 5.56 Å². The average Bonchev–Trinajstić information content (AvgIpc) is 3.18. The molecule has 4 rings (SSSR count). The highest BCUT2D eigenvalue weighted by Gasteiger charge is 2.44. The molecule has 2 aromatic heterocycles. The quantitative estimate of drug-likeness (QED) is 0.647. The van der Waals surface area contributed by atoms with E-state index < -0.39 is 24.5 Å². The predicted octanol–water partition coefficient (Wildman–Crippen LogP) is 1.32. The molecule has 1 aliphatic heterocycles. The first-order valence-corrected chi connectivity index (χ1v) is 8.49. The van der Waals surface area contributed by atoms with Gasteiger partial charge in [0.25, 0.3) is 0 Å². The molecule has 3 aromatic rings. The topological polar surface area (TPSA) is 103 Å². The Kier molecular flexibility index (Phi) is 4.84. The number of rotatable bonds is 5. The maximum Gasteiger partial charge on any atom is 0.224 e. The Balaban J connectivity index is 1.46. The number of hydrogen-bond acceptors (Lipinski definition) is 7. The van der Waals surface area contributed by atoms with Crippen LogP contribution in [-0.4, -0.2) is 54.7 Å². The zero-order chi connectivity index (χ0) is 18.1. The van der Waals surface area contributed by atoms with Crippen molar-refractivity contribution in [2.24, 2.45) is 0 Å². The first kappa shape index (κ1) is 17.3. The number of fused-ring (bicyclic) bond motifs is 1. The van der Waals surface area contributed by atoms with E-state index in [2.05, 4.69) is 15.0 Å². The first-order valence-electron chi connectivity index (χ1n) is 8.12. The SMILES string of the molecule is O[C@@H]1[C@H](O)[C@@H](COCc2ccccc2)O[C@H]1n1cnc2cnc(Cl)nc21. The van der Waals surface area contributed by atoms with Crippen molar-refractivity contribution in [1.82, 2.24) is 19.5 Å². The summed E-state index contributed by atoms with van der Waals surface area (Å²) in [5, 5.41) is 20.8. The van der Waals surface area contributed by atoms with Crippen molar-refractivity contribution in [3.63, 3.8) is 0 Å². The van der Waals surface area contributed by atoms with E-state index in [1.807, 2.05) is 30.3 Å². The van der Waals surface area contributed by atoms with Crippen LogP contribution in [0.5, 0.6) is 0 Å². The van der Waals surface area contributed by atoms with Crippen LogP contribution in [0.4, 0.5) is 0 Å². The van der Waals surface area contributed by atoms with Crippen LogP contribution in [0.25, 0.3) is 11.2 Å². The molecule has 0 radical (unpaired) electrons. The van der Waals surface area contributed by atoms with Crippen LogP contribution in [0.3, 0.4) is 0 Å². The summed E-state index contributed by atoms with van der Waals surface area (Å²) in [5.41, 5.74) is 1.96. The lowest BCUT2D eigenvalue weighted by Gasteiger charge is -2.16. The Bertz CT molecular complexity index is 891. The van der Waals surface area contributed by atoms with Gasteiger partial charge in [-0.15, -0.1) is 0 Å². The van der Waals surface area contributed by atoms with Gasteiger partial charge in [-0.1, -0.05) is 30.3 Å². The van der Waals surface area contributed by atoms with E-state index >= 15 is 0 Å². The van der Waals surface area contributed by atoms with Crippen molar-refractivity contribution >= 4 is 22.8 Å². The maximum absolute atomic E-state index is 10.4. The number of benzene rings is 1. The van der Waals surface area contributed by atoms with Gasteiger partial charge in [0.05, 0.1) is 25.7 Å². The number of aliphatic hydroxyl groups excluding tert-OH is 2. The molecule has 0 saturated carbocycles. The monoisotopic (exact) mass is 376 g/mol. The van der Waals surface area contributed by atoms with Crippen LogP contribution in [0.1, 0.15) is 11.8 Å². The molecule has 26 heavy (non-hydrogen) atoms. The van der Waals surface area contributed by atoms with E-state index in [1.165, 1.54) is 17.1 Å². The number of aliphatic hydroxyl groups is 2. The summed E-state index contributed by atoms with van der Waals surface area (Å²) in [4.78, 5) is 12.2. The van der Waals surface area contributed by atoms with E-state index in [4.69, 9.17) is 21.1 Å². The molecule has 1 aromatic carbocycles. The fourth-order valence-corrected chi connectivity index (χ4v) is 3.08. The summed E-state index contributed by atoms with van der Waals surface area (Å²) in [6, 6.07) is 9.68. The van der Waals surface area contributed by atoms with Gasteiger partial charge in [0.2, 0.25) is 5.28 Å². The average molecular weight is 377 g/mol. The fourth-order valence-electron chi connectivity index (χ4n) is 2.96. The van der Waals surface area contributed by atoms with Crippen molar-refractivity contribution in [1.29, 1.82) is 0 Å². The molecule has 9 heteroatoms. The number of imidazole rings is 1. The minimum atomic E-state index is -1.15. The molecule has 3 heterocycles. The van der Waals surface area contributed by atoms with Crippen LogP contribution < -0.4 is 0 Å². The second kappa shape index (κ2) is 7.26. The van der Waals surface area contributed by atoms with Crippen molar-refractivity contribution in [2.75, 3.05) is 6.61 Å². The van der Waals surface area contributed by atoms with Gasteiger partial charge in [-0.25, -0.2) is 9.97 Å². The maximum atomic E-state index is 10.4. The van der Waals surface area contributed by atoms with Crippen LogP contribution >= 0.6 is 11.6 Å². The van der Waals surface area contributed by atoms with Gasteiger partial charge in [-0.3, -0.25) is 4.57 Å². The third-order valence-corrected chi connectivity index (χ3v) is 4.47. The Morgan fingerprint density at radius 2 is 1.96 bits per heavy atom. The highest BCUT2D eigenvalue weighted by molar-refractivity contribution is 6.28. The van der Waals surface area contributed by atoms with Gasteiger partial charge >= 0.3 is 0 Å². The van der Waals surface area contributed by atoms with E-state index in [-0.39, 0.29) is 11.9 Å². The van der Waals surface area contributed by atoms with Gasteiger partial charge in [-0.05, 0) is 17.2 Å². The van der Waals surface area contributed by atoms with Crippen LogP contribution in [0.15, 0.2) is 42.9 Å². The molecule has 0 bridgehead atoms. The highest BCUT2D eigenvalue weighted by atomic mass is 35.5. The first-order chi connectivity index (χ1) is 12.6. The molecule has 0 amide bonds. The zero-order valence-corrected chi connectivity index (χ0v) is 14.4. The van der Waals surface area contributed by atoms with Crippen molar-refractivity contribution in [3.8, 4) is 0 Å². The van der Waals surface area contributed by atoms with Gasteiger partial charge in [-0.2, -0.15) is 4.98 Å². The fraction of sp³-hybridized carbons (Fsp3) is 0.353. The molecule has 136 valence electrons. The smallest absolute Gasteiger partial charge is 0.224 e. The van der Waals surface area contributed by atoms with E-state index in [0.29, 0.717) is 17.8 Å². The van der Waals surface area contributed by atoms with Gasteiger partial charge < -0.3 is 19.7 Å². The standard InChI is InChI=1S/C17H17ClN4O4/c18-17-19-6-11-15(21-17)22(9-20-11)16-14(24)13(23)12(26-16)8-25-7-10-4-2-1-3-5-10/h1-6,9,12-14,16,23-24H,7-8H2/t12-,13-,14-,16-/m1/s1. The van der Waals surface area contributed by atoms with Crippen molar-refractivity contribution in [2.45, 2.75) is 31.1 Å². The Labute approximate surface area is 154 Å². The largest absolute Gasteiger partial charge is 0.387 e.